The predicted molar refractivity (Wildman–Crippen MR) is 73.9 cm³/mol. The zero-order valence-electron chi connectivity index (χ0n) is 11.2. The first-order valence-corrected chi connectivity index (χ1v) is 6.00. The second kappa shape index (κ2) is 5.09. The fraction of sp³-hybridized carbons (Fsp3) is 0.308. The van der Waals surface area contributed by atoms with Crippen LogP contribution in [0.4, 0.5) is 11.4 Å². The first kappa shape index (κ1) is 13.1. The third-order valence-corrected chi connectivity index (χ3v) is 2.95. The first-order chi connectivity index (χ1) is 8.99. The molecule has 1 unspecified atom stereocenters. The van der Waals surface area contributed by atoms with Crippen LogP contribution in [0.25, 0.3) is 0 Å². The number of hydrogen-bond acceptors (Lipinski definition) is 5. The summed E-state index contributed by atoms with van der Waals surface area (Å²) >= 11 is 0. The molecule has 0 amide bonds. The van der Waals surface area contributed by atoms with E-state index in [1.165, 1.54) is 6.92 Å². The molecule has 0 saturated carbocycles. The number of carbonyl (C=O) groups excluding carboxylic acids is 1. The van der Waals surface area contributed by atoms with Gasteiger partial charge in [0.15, 0.2) is 11.6 Å². The van der Waals surface area contributed by atoms with Gasteiger partial charge in [-0.05, 0) is 32.0 Å². The number of carbonyl (C=O) groups is 1. The molecule has 1 heterocycles. The van der Waals surface area contributed by atoms with Crippen LogP contribution in [0.2, 0.25) is 0 Å². The van der Waals surface area contributed by atoms with Gasteiger partial charge >= 0.3 is 0 Å². The Bertz CT molecular complexity index is 605. The molecule has 6 nitrogen and oxygen atoms in total. The van der Waals surface area contributed by atoms with Crippen molar-refractivity contribution in [3.8, 4) is 0 Å². The van der Waals surface area contributed by atoms with E-state index in [0.29, 0.717) is 11.3 Å². The summed E-state index contributed by atoms with van der Waals surface area (Å²) < 4.78 is 1.85. The molecule has 0 aliphatic rings. The normalized spacial score (nSPS) is 12.2. The minimum absolute atomic E-state index is 0.0177. The Kier molecular flexibility index (Phi) is 3.50. The summed E-state index contributed by atoms with van der Waals surface area (Å²) in [6.45, 7) is 3.48. The lowest BCUT2D eigenvalue weighted by atomic mass is 10.1. The fourth-order valence-corrected chi connectivity index (χ4v) is 1.95. The van der Waals surface area contributed by atoms with E-state index in [1.54, 1.807) is 18.5 Å². The molecule has 0 fully saturated rings. The number of benzene rings is 1. The van der Waals surface area contributed by atoms with Crippen molar-refractivity contribution in [1.82, 2.24) is 14.8 Å². The van der Waals surface area contributed by atoms with E-state index in [0.717, 1.165) is 11.5 Å². The summed E-state index contributed by atoms with van der Waals surface area (Å²) in [5, 5.41) is 11.2. The highest BCUT2D eigenvalue weighted by molar-refractivity contribution is 6.00. The summed E-state index contributed by atoms with van der Waals surface area (Å²) in [5.41, 5.74) is 7.61. The van der Waals surface area contributed by atoms with Crippen LogP contribution in [-0.2, 0) is 7.05 Å². The Morgan fingerprint density at radius 1 is 1.47 bits per heavy atom. The van der Waals surface area contributed by atoms with Crippen LogP contribution in [-0.4, -0.2) is 20.5 Å². The molecule has 6 heteroatoms. The summed E-state index contributed by atoms with van der Waals surface area (Å²) in [6.07, 6.45) is 1.65. The Morgan fingerprint density at radius 2 is 2.21 bits per heavy atom. The number of rotatable bonds is 4. The van der Waals surface area contributed by atoms with Crippen molar-refractivity contribution in [3.05, 3.63) is 35.9 Å². The van der Waals surface area contributed by atoms with Crippen LogP contribution in [0.3, 0.4) is 0 Å². The van der Waals surface area contributed by atoms with Gasteiger partial charge in [0, 0.05) is 24.0 Å². The van der Waals surface area contributed by atoms with Gasteiger partial charge in [-0.15, -0.1) is 10.2 Å². The number of aromatic nitrogens is 3. The van der Waals surface area contributed by atoms with Gasteiger partial charge < -0.3 is 15.6 Å². The minimum atomic E-state index is -0.0486. The molecule has 19 heavy (non-hydrogen) atoms. The number of Topliss-reactive ketones (excluding diaryl/α,β-unsaturated/α-hetero) is 1. The van der Waals surface area contributed by atoms with Gasteiger partial charge in [0.1, 0.15) is 6.33 Å². The largest absolute Gasteiger partial charge is 0.398 e. The molecule has 2 rings (SSSR count). The minimum Gasteiger partial charge on any atom is -0.398 e. The molecule has 2 aromatic rings. The van der Waals surface area contributed by atoms with Crippen molar-refractivity contribution in [1.29, 1.82) is 0 Å². The number of aryl methyl sites for hydroxylation is 1. The topological polar surface area (TPSA) is 85.8 Å². The van der Waals surface area contributed by atoms with Crippen LogP contribution in [0, 0.1) is 0 Å². The van der Waals surface area contributed by atoms with Crippen LogP contribution in [0.5, 0.6) is 0 Å². The highest BCUT2D eigenvalue weighted by atomic mass is 16.1. The van der Waals surface area contributed by atoms with Crippen LogP contribution < -0.4 is 11.1 Å². The highest BCUT2D eigenvalue weighted by Gasteiger charge is 2.12. The highest BCUT2D eigenvalue weighted by Crippen LogP contribution is 2.22. The maximum absolute atomic E-state index is 11.5. The lowest BCUT2D eigenvalue weighted by molar-refractivity contribution is 0.101. The zero-order valence-corrected chi connectivity index (χ0v) is 11.2. The molecule has 100 valence electrons. The molecule has 0 radical (unpaired) electrons. The van der Waals surface area contributed by atoms with Crippen LogP contribution >= 0.6 is 0 Å². The third-order valence-electron chi connectivity index (χ3n) is 2.95. The van der Waals surface area contributed by atoms with E-state index < -0.39 is 0 Å². The van der Waals surface area contributed by atoms with Crippen LogP contribution in [0.15, 0.2) is 24.5 Å². The monoisotopic (exact) mass is 259 g/mol. The van der Waals surface area contributed by atoms with Gasteiger partial charge in [-0.1, -0.05) is 0 Å². The van der Waals surface area contributed by atoms with Gasteiger partial charge in [0.05, 0.1) is 6.04 Å². The van der Waals surface area contributed by atoms with Gasteiger partial charge in [0.25, 0.3) is 0 Å². The summed E-state index contributed by atoms with van der Waals surface area (Å²) in [5.74, 6) is 0.772. The maximum atomic E-state index is 11.5. The Balaban J connectivity index is 2.22. The fourth-order valence-electron chi connectivity index (χ4n) is 1.95. The van der Waals surface area contributed by atoms with Crippen molar-refractivity contribution in [3.63, 3.8) is 0 Å². The quantitative estimate of drug-likeness (QED) is 0.645. The maximum Gasteiger partial charge on any atom is 0.161 e. The number of ketones is 1. The van der Waals surface area contributed by atoms with Gasteiger partial charge in [0.2, 0.25) is 0 Å². The number of anilines is 2. The first-order valence-electron chi connectivity index (χ1n) is 6.00. The van der Waals surface area contributed by atoms with Crippen molar-refractivity contribution in [2.45, 2.75) is 19.9 Å². The predicted octanol–water partition coefficient (Wildman–Crippen LogP) is 1.77. The van der Waals surface area contributed by atoms with E-state index in [2.05, 4.69) is 15.5 Å². The lowest BCUT2D eigenvalue weighted by Crippen LogP contribution is -2.12. The van der Waals surface area contributed by atoms with E-state index in [9.17, 15) is 4.79 Å². The third kappa shape index (κ3) is 2.73. The van der Waals surface area contributed by atoms with E-state index in [4.69, 9.17) is 5.73 Å². The average Bonchev–Trinajstić information content (AvgIpc) is 2.77. The van der Waals surface area contributed by atoms with Crippen molar-refractivity contribution >= 4 is 17.2 Å². The molecule has 0 saturated heterocycles. The van der Waals surface area contributed by atoms with Crippen molar-refractivity contribution < 1.29 is 4.79 Å². The molecule has 1 aromatic heterocycles. The van der Waals surface area contributed by atoms with E-state index in [1.807, 2.05) is 24.6 Å². The molecule has 3 N–H and O–H groups in total. The van der Waals surface area contributed by atoms with Gasteiger partial charge in [-0.3, -0.25) is 4.79 Å². The second-order valence-electron chi connectivity index (χ2n) is 4.52. The summed E-state index contributed by atoms with van der Waals surface area (Å²) in [4.78, 5) is 11.5. The number of nitrogens with zero attached hydrogens (tertiary/aromatic N) is 3. The average molecular weight is 259 g/mol. The smallest absolute Gasteiger partial charge is 0.161 e. The van der Waals surface area contributed by atoms with Crippen LogP contribution in [0.1, 0.15) is 36.1 Å². The number of nitrogens with one attached hydrogen (secondary N) is 1. The zero-order chi connectivity index (χ0) is 14.0. The van der Waals surface area contributed by atoms with Crippen molar-refractivity contribution in [2.75, 3.05) is 11.1 Å². The van der Waals surface area contributed by atoms with Gasteiger partial charge in [-0.25, -0.2) is 0 Å². The summed E-state index contributed by atoms with van der Waals surface area (Å²) in [6, 6.07) is 5.30. The molecular formula is C13H17N5O. The number of nitrogen functional groups attached to an aromatic ring is 1. The van der Waals surface area contributed by atoms with Crippen molar-refractivity contribution in [2.24, 2.45) is 7.05 Å². The number of hydrogen-bond donors (Lipinski definition) is 2. The SMILES string of the molecule is CC(=O)c1cc(NC(C)c2nncn2C)ccc1N. The molecular weight excluding hydrogens is 242 g/mol. The Morgan fingerprint density at radius 3 is 2.79 bits per heavy atom. The second-order valence-corrected chi connectivity index (χ2v) is 4.52. The molecule has 1 aromatic carbocycles. The lowest BCUT2D eigenvalue weighted by Gasteiger charge is -2.15. The summed E-state index contributed by atoms with van der Waals surface area (Å²) in [7, 11) is 1.89. The van der Waals surface area contributed by atoms with Gasteiger partial charge in [-0.2, -0.15) is 0 Å². The van der Waals surface area contributed by atoms with E-state index >= 15 is 0 Å². The van der Waals surface area contributed by atoms with E-state index in [-0.39, 0.29) is 11.8 Å². The Hall–Kier alpha value is -2.37. The number of nitrogens with two attached hydrogens (primary N) is 1. The molecule has 1 atom stereocenters. The molecule has 0 bridgehead atoms. The molecule has 0 aliphatic carbocycles. The molecule has 0 spiro atoms. The Labute approximate surface area is 111 Å². The standard InChI is InChI=1S/C13H17N5O/c1-8(13-17-15-7-18(13)3)16-10-4-5-12(14)11(6-10)9(2)19/h4-8,16H,14H2,1-3H3. The molecule has 0 aliphatic heterocycles.